The van der Waals surface area contributed by atoms with Gasteiger partial charge in [-0.2, -0.15) is 0 Å². The minimum absolute atomic E-state index is 0.135. The molecule has 0 aliphatic heterocycles. The van der Waals surface area contributed by atoms with Crippen molar-refractivity contribution in [2.75, 3.05) is 6.54 Å². The van der Waals surface area contributed by atoms with Crippen molar-refractivity contribution in [3.05, 3.63) is 11.8 Å². The summed E-state index contributed by atoms with van der Waals surface area (Å²) in [7, 11) is 0. The molecule has 16 heavy (non-hydrogen) atoms. The van der Waals surface area contributed by atoms with Gasteiger partial charge >= 0.3 is 5.97 Å². The maximum absolute atomic E-state index is 11.2. The fourth-order valence-corrected chi connectivity index (χ4v) is 0.975. The number of nitrogens with one attached hydrogen (secondary N) is 2. The third-order valence-electron chi connectivity index (χ3n) is 1.75. The number of hydrogen-bond donors (Lipinski definition) is 3. The van der Waals surface area contributed by atoms with Crippen LogP contribution in [0.15, 0.2) is 11.8 Å². The van der Waals surface area contributed by atoms with Crippen LogP contribution in [0, 0.1) is 0 Å². The van der Waals surface area contributed by atoms with Crippen LogP contribution in [0.1, 0.15) is 26.7 Å². The van der Waals surface area contributed by atoms with E-state index in [9.17, 15) is 14.4 Å². The van der Waals surface area contributed by atoms with Crippen molar-refractivity contribution < 1.29 is 19.5 Å². The van der Waals surface area contributed by atoms with E-state index in [-0.39, 0.29) is 23.9 Å². The Morgan fingerprint density at radius 2 is 1.94 bits per heavy atom. The number of carboxylic acid groups (broad SMARTS) is 1. The number of hydrogen-bond acceptors (Lipinski definition) is 3. The van der Waals surface area contributed by atoms with E-state index in [0.717, 1.165) is 0 Å². The second kappa shape index (κ2) is 7.44. The lowest BCUT2D eigenvalue weighted by molar-refractivity contribution is -0.134. The maximum Gasteiger partial charge on any atom is 0.352 e. The van der Waals surface area contributed by atoms with E-state index in [4.69, 9.17) is 5.11 Å². The van der Waals surface area contributed by atoms with Crippen LogP contribution in [0.5, 0.6) is 0 Å². The molecule has 0 saturated carbocycles. The molecule has 6 heteroatoms. The van der Waals surface area contributed by atoms with Gasteiger partial charge in [0.15, 0.2) is 0 Å². The molecule has 6 nitrogen and oxygen atoms in total. The Hall–Kier alpha value is -1.85. The summed E-state index contributed by atoms with van der Waals surface area (Å²) in [6, 6.07) is 0. The Morgan fingerprint density at radius 3 is 2.38 bits per heavy atom. The van der Waals surface area contributed by atoms with Crippen molar-refractivity contribution >= 4 is 17.8 Å². The molecular weight excluding hydrogens is 212 g/mol. The quantitative estimate of drug-likeness (QED) is 0.440. The fraction of sp³-hybridized carbons (Fsp3) is 0.500. The second-order valence-electron chi connectivity index (χ2n) is 3.14. The Balaban J connectivity index is 3.82. The van der Waals surface area contributed by atoms with E-state index < -0.39 is 5.97 Å². The highest BCUT2D eigenvalue weighted by molar-refractivity contribution is 5.92. The first-order valence-electron chi connectivity index (χ1n) is 4.91. The fourth-order valence-electron chi connectivity index (χ4n) is 0.975. The van der Waals surface area contributed by atoms with Gasteiger partial charge in [-0.25, -0.2) is 4.79 Å². The summed E-state index contributed by atoms with van der Waals surface area (Å²) in [5.74, 6) is -1.70. The molecule has 2 amide bonds. The third kappa shape index (κ3) is 6.58. The number of carboxylic acids is 1. The van der Waals surface area contributed by atoms with Gasteiger partial charge in [-0.05, 0) is 13.3 Å². The van der Waals surface area contributed by atoms with E-state index in [0.29, 0.717) is 13.0 Å². The molecule has 0 radical (unpaired) electrons. The molecule has 0 aromatic rings. The van der Waals surface area contributed by atoms with Gasteiger partial charge in [-0.1, -0.05) is 6.08 Å². The zero-order chi connectivity index (χ0) is 12.6. The average molecular weight is 228 g/mol. The summed E-state index contributed by atoms with van der Waals surface area (Å²) in [4.78, 5) is 32.3. The SMILES string of the molecule is C/C=C(\NC(=O)CCCNC(C)=O)C(=O)O. The minimum Gasteiger partial charge on any atom is -0.477 e. The summed E-state index contributed by atoms with van der Waals surface area (Å²) in [5.41, 5.74) is -0.135. The number of carbonyl (C=O) groups excluding carboxylic acids is 2. The molecular formula is C10H16N2O4. The lowest BCUT2D eigenvalue weighted by atomic mass is 10.3. The maximum atomic E-state index is 11.2. The number of rotatable bonds is 6. The Labute approximate surface area is 93.7 Å². The smallest absolute Gasteiger partial charge is 0.352 e. The van der Waals surface area contributed by atoms with Gasteiger partial charge in [-0.15, -0.1) is 0 Å². The molecule has 0 aliphatic carbocycles. The van der Waals surface area contributed by atoms with Gasteiger partial charge in [0.1, 0.15) is 5.70 Å². The number of allylic oxidation sites excluding steroid dienone is 1. The highest BCUT2D eigenvalue weighted by Crippen LogP contribution is 1.93. The number of carbonyl (C=O) groups is 3. The molecule has 3 N–H and O–H groups in total. The minimum atomic E-state index is -1.17. The van der Waals surface area contributed by atoms with E-state index in [2.05, 4.69) is 10.6 Å². The first-order valence-corrected chi connectivity index (χ1v) is 4.91. The van der Waals surface area contributed by atoms with Gasteiger partial charge in [0.25, 0.3) is 0 Å². The molecule has 0 aromatic carbocycles. The van der Waals surface area contributed by atoms with Gasteiger partial charge in [0.05, 0.1) is 0 Å². The molecule has 0 aliphatic rings. The van der Waals surface area contributed by atoms with Gasteiger partial charge in [0.2, 0.25) is 11.8 Å². The molecule has 0 spiro atoms. The lowest BCUT2D eigenvalue weighted by Gasteiger charge is -2.05. The normalized spacial score (nSPS) is 10.8. The molecule has 0 rings (SSSR count). The second-order valence-corrected chi connectivity index (χ2v) is 3.14. The Kier molecular flexibility index (Phi) is 6.58. The van der Waals surface area contributed by atoms with E-state index in [1.165, 1.54) is 19.9 Å². The van der Waals surface area contributed by atoms with Crippen molar-refractivity contribution in [3.8, 4) is 0 Å². The van der Waals surface area contributed by atoms with Crippen molar-refractivity contribution in [2.45, 2.75) is 26.7 Å². The summed E-state index contributed by atoms with van der Waals surface area (Å²) in [6.07, 6.45) is 1.96. The van der Waals surface area contributed by atoms with Crippen molar-refractivity contribution in [1.82, 2.24) is 10.6 Å². The van der Waals surface area contributed by atoms with Crippen LogP contribution in [0.4, 0.5) is 0 Å². The predicted molar refractivity (Wildman–Crippen MR) is 57.5 cm³/mol. The van der Waals surface area contributed by atoms with E-state index >= 15 is 0 Å². The van der Waals surface area contributed by atoms with Crippen LogP contribution in [0.3, 0.4) is 0 Å². The monoisotopic (exact) mass is 228 g/mol. The van der Waals surface area contributed by atoms with E-state index in [1.807, 2.05) is 0 Å². The third-order valence-corrected chi connectivity index (χ3v) is 1.75. The molecule has 0 aromatic heterocycles. The standard InChI is InChI=1S/C10H16N2O4/c1-3-8(10(15)16)12-9(14)5-4-6-11-7(2)13/h3H,4-6H2,1-2H3,(H,11,13)(H,12,14)(H,15,16)/b8-3-. The summed E-state index contributed by atoms with van der Waals surface area (Å²) >= 11 is 0. The van der Waals surface area contributed by atoms with Crippen LogP contribution in [0.2, 0.25) is 0 Å². The Morgan fingerprint density at radius 1 is 1.31 bits per heavy atom. The molecule has 0 fully saturated rings. The molecule has 0 bridgehead atoms. The van der Waals surface area contributed by atoms with Crippen molar-refractivity contribution in [1.29, 1.82) is 0 Å². The molecule has 0 heterocycles. The van der Waals surface area contributed by atoms with Gasteiger partial charge in [0, 0.05) is 19.9 Å². The van der Waals surface area contributed by atoms with Crippen LogP contribution in [0.25, 0.3) is 0 Å². The summed E-state index contributed by atoms with van der Waals surface area (Å²) < 4.78 is 0. The van der Waals surface area contributed by atoms with Crippen molar-refractivity contribution in [3.63, 3.8) is 0 Å². The highest BCUT2D eigenvalue weighted by Gasteiger charge is 2.09. The molecule has 0 unspecified atom stereocenters. The van der Waals surface area contributed by atoms with Crippen LogP contribution >= 0.6 is 0 Å². The Bertz CT molecular complexity index is 310. The van der Waals surface area contributed by atoms with Gasteiger partial charge in [-0.3, -0.25) is 9.59 Å². The number of aliphatic carboxylic acids is 1. The van der Waals surface area contributed by atoms with Crippen LogP contribution in [-0.4, -0.2) is 29.4 Å². The first-order chi connectivity index (χ1) is 7.47. The lowest BCUT2D eigenvalue weighted by Crippen LogP contribution is -2.28. The highest BCUT2D eigenvalue weighted by atomic mass is 16.4. The zero-order valence-electron chi connectivity index (χ0n) is 9.37. The van der Waals surface area contributed by atoms with Crippen molar-refractivity contribution in [2.24, 2.45) is 0 Å². The molecule has 0 atom stereocenters. The van der Waals surface area contributed by atoms with Gasteiger partial charge < -0.3 is 15.7 Å². The van der Waals surface area contributed by atoms with Crippen LogP contribution < -0.4 is 10.6 Å². The van der Waals surface area contributed by atoms with Crippen LogP contribution in [-0.2, 0) is 14.4 Å². The topological polar surface area (TPSA) is 95.5 Å². The first kappa shape index (κ1) is 14.2. The average Bonchev–Trinajstić information content (AvgIpc) is 2.20. The van der Waals surface area contributed by atoms with E-state index in [1.54, 1.807) is 0 Å². The predicted octanol–water partition coefficient (Wildman–Crippen LogP) is 0.00730. The largest absolute Gasteiger partial charge is 0.477 e. The summed E-state index contributed by atoms with van der Waals surface area (Å²) in [6.45, 7) is 3.32. The zero-order valence-corrected chi connectivity index (χ0v) is 9.37. The molecule has 0 saturated heterocycles. The number of amides is 2. The molecule has 90 valence electrons. The summed E-state index contributed by atoms with van der Waals surface area (Å²) in [5, 5.41) is 13.4.